The molecule has 0 aliphatic rings. The normalized spacial score (nSPS) is 10.3. The highest BCUT2D eigenvalue weighted by atomic mass is 35.5. The average molecular weight is 442 g/mol. The number of rotatable bonds is 7. The van der Waals surface area contributed by atoms with Crippen molar-refractivity contribution in [3.05, 3.63) is 81.0 Å². The Balaban J connectivity index is 1.74. The third-order valence-corrected chi connectivity index (χ3v) is 5.21. The number of thiophene rings is 1. The van der Waals surface area contributed by atoms with E-state index in [0.717, 1.165) is 6.42 Å². The van der Waals surface area contributed by atoms with Crippen LogP contribution in [0.4, 0.5) is 11.4 Å². The highest BCUT2D eigenvalue weighted by molar-refractivity contribution is 7.08. The number of carbonyl (C=O) groups is 3. The van der Waals surface area contributed by atoms with Gasteiger partial charge in [-0.05, 0) is 48.2 Å². The molecule has 3 N–H and O–H groups in total. The minimum atomic E-state index is -0.407. The van der Waals surface area contributed by atoms with Gasteiger partial charge < -0.3 is 16.0 Å². The van der Waals surface area contributed by atoms with Crippen LogP contribution in [0.1, 0.15) is 44.4 Å². The van der Waals surface area contributed by atoms with Crippen molar-refractivity contribution in [1.82, 2.24) is 5.32 Å². The first-order valence-corrected chi connectivity index (χ1v) is 10.6. The van der Waals surface area contributed by atoms with Crippen molar-refractivity contribution in [3.63, 3.8) is 0 Å². The zero-order valence-electron chi connectivity index (χ0n) is 16.2. The van der Waals surface area contributed by atoms with Crippen molar-refractivity contribution >= 4 is 52.0 Å². The van der Waals surface area contributed by atoms with E-state index >= 15 is 0 Å². The molecular weight excluding hydrogens is 422 g/mol. The van der Waals surface area contributed by atoms with Crippen LogP contribution in [0, 0.1) is 0 Å². The fourth-order valence-electron chi connectivity index (χ4n) is 2.69. The van der Waals surface area contributed by atoms with Gasteiger partial charge >= 0.3 is 0 Å². The standard InChI is InChI=1S/C22H20ClN3O3S/c1-2-10-24-21(28)16-8-7-15(12-18(16)23)25-22(29)17-5-3-4-6-19(17)26-20(27)14-9-11-30-13-14/h3-9,11-13H,2,10H2,1H3,(H,24,28)(H,25,29)(H,26,27). The summed E-state index contributed by atoms with van der Waals surface area (Å²) in [6.07, 6.45) is 0.819. The van der Waals surface area contributed by atoms with E-state index in [1.54, 1.807) is 47.8 Å². The molecule has 0 spiro atoms. The molecule has 0 radical (unpaired) electrons. The van der Waals surface area contributed by atoms with E-state index in [4.69, 9.17) is 11.6 Å². The van der Waals surface area contributed by atoms with Gasteiger partial charge in [-0.1, -0.05) is 30.7 Å². The van der Waals surface area contributed by atoms with Crippen LogP contribution in [0.3, 0.4) is 0 Å². The smallest absolute Gasteiger partial charge is 0.257 e. The summed E-state index contributed by atoms with van der Waals surface area (Å²) in [5.74, 6) is -0.960. The van der Waals surface area contributed by atoms with Gasteiger partial charge in [0.1, 0.15) is 0 Å². The number of para-hydroxylation sites is 1. The monoisotopic (exact) mass is 441 g/mol. The van der Waals surface area contributed by atoms with E-state index in [-0.39, 0.29) is 16.8 Å². The molecule has 0 saturated heterocycles. The first-order valence-electron chi connectivity index (χ1n) is 9.31. The van der Waals surface area contributed by atoms with Gasteiger partial charge in [-0.2, -0.15) is 11.3 Å². The van der Waals surface area contributed by atoms with E-state index in [2.05, 4.69) is 16.0 Å². The van der Waals surface area contributed by atoms with Crippen LogP contribution in [0.2, 0.25) is 5.02 Å². The third-order valence-electron chi connectivity index (χ3n) is 4.21. The molecular formula is C22H20ClN3O3S. The maximum atomic E-state index is 12.8. The van der Waals surface area contributed by atoms with E-state index < -0.39 is 5.91 Å². The second-order valence-electron chi connectivity index (χ2n) is 6.42. The Morgan fingerprint density at radius 2 is 1.73 bits per heavy atom. The highest BCUT2D eigenvalue weighted by Crippen LogP contribution is 2.23. The summed E-state index contributed by atoms with van der Waals surface area (Å²) in [4.78, 5) is 37.2. The molecule has 0 saturated carbocycles. The number of anilines is 2. The van der Waals surface area contributed by atoms with Crippen molar-refractivity contribution < 1.29 is 14.4 Å². The van der Waals surface area contributed by atoms with Crippen LogP contribution in [0.25, 0.3) is 0 Å². The predicted octanol–water partition coefficient (Wildman–Crippen LogP) is 5.05. The van der Waals surface area contributed by atoms with Gasteiger partial charge in [0.15, 0.2) is 0 Å². The first kappa shape index (κ1) is 21.5. The molecule has 0 aliphatic carbocycles. The van der Waals surface area contributed by atoms with Gasteiger partial charge in [-0.3, -0.25) is 14.4 Å². The van der Waals surface area contributed by atoms with Gasteiger partial charge in [0, 0.05) is 17.6 Å². The summed E-state index contributed by atoms with van der Waals surface area (Å²) in [5.41, 5.74) is 2.01. The molecule has 1 aromatic heterocycles. The molecule has 6 nitrogen and oxygen atoms in total. The molecule has 2 aromatic carbocycles. The van der Waals surface area contributed by atoms with Gasteiger partial charge in [0.25, 0.3) is 17.7 Å². The summed E-state index contributed by atoms with van der Waals surface area (Å²) >= 11 is 7.64. The SMILES string of the molecule is CCCNC(=O)c1ccc(NC(=O)c2ccccc2NC(=O)c2ccsc2)cc1Cl. The van der Waals surface area contributed by atoms with Crippen molar-refractivity contribution in [2.24, 2.45) is 0 Å². The Kier molecular flexibility index (Phi) is 7.21. The average Bonchev–Trinajstić information content (AvgIpc) is 3.27. The lowest BCUT2D eigenvalue weighted by atomic mass is 10.1. The fraction of sp³-hybridized carbons (Fsp3) is 0.136. The minimum Gasteiger partial charge on any atom is -0.352 e. The molecule has 0 fully saturated rings. The molecule has 30 heavy (non-hydrogen) atoms. The van der Waals surface area contributed by atoms with Crippen LogP contribution < -0.4 is 16.0 Å². The Morgan fingerprint density at radius 1 is 0.933 bits per heavy atom. The van der Waals surface area contributed by atoms with Crippen molar-refractivity contribution in [2.45, 2.75) is 13.3 Å². The second kappa shape index (κ2) is 10.0. The van der Waals surface area contributed by atoms with Gasteiger partial charge in [-0.25, -0.2) is 0 Å². The zero-order chi connectivity index (χ0) is 21.5. The van der Waals surface area contributed by atoms with Gasteiger partial charge in [-0.15, -0.1) is 0 Å². The van der Waals surface area contributed by atoms with E-state index in [0.29, 0.717) is 34.6 Å². The van der Waals surface area contributed by atoms with Crippen LogP contribution in [-0.4, -0.2) is 24.3 Å². The van der Waals surface area contributed by atoms with Crippen molar-refractivity contribution in [1.29, 1.82) is 0 Å². The maximum absolute atomic E-state index is 12.8. The molecule has 0 atom stereocenters. The number of amides is 3. The number of carbonyl (C=O) groups excluding carboxylic acids is 3. The Labute approximate surface area is 183 Å². The molecule has 3 rings (SSSR count). The molecule has 0 bridgehead atoms. The van der Waals surface area contributed by atoms with Gasteiger partial charge in [0.2, 0.25) is 0 Å². The number of nitrogens with one attached hydrogen (secondary N) is 3. The Hall–Kier alpha value is -3.16. The van der Waals surface area contributed by atoms with Crippen LogP contribution in [-0.2, 0) is 0 Å². The topological polar surface area (TPSA) is 87.3 Å². The van der Waals surface area contributed by atoms with Crippen LogP contribution in [0.15, 0.2) is 59.3 Å². The maximum Gasteiger partial charge on any atom is 0.257 e. The minimum absolute atomic E-state index is 0.237. The van der Waals surface area contributed by atoms with E-state index in [9.17, 15) is 14.4 Å². The largest absolute Gasteiger partial charge is 0.352 e. The summed E-state index contributed by atoms with van der Waals surface area (Å²) in [5, 5.41) is 12.1. The van der Waals surface area contributed by atoms with E-state index in [1.165, 1.54) is 17.4 Å². The van der Waals surface area contributed by atoms with Crippen LogP contribution in [0.5, 0.6) is 0 Å². The third kappa shape index (κ3) is 5.25. The number of hydrogen-bond donors (Lipinski definition) is 3. The van der Waals surface area contributed by atoms with Gasteiger partial charge in [0.05, 0.1) is 27.4 Å². The Bertz CT molecular complexity index is 1070. The molecule has 3 aromatic rings. The lowest BCUT2D eigenvalue weighted by Gasteiger charge is -2.12. The zero-order valence-corrected chi connectivity index (χ0v) is 17.8. The summed E-state index contributed by atoms with van der Waals surface area (Å²) in [6, 6.07) is 13.1. The molecule has 154 valence electrons. The quantitative estimate of drug-likeness (QED) is 0.479. The first-order chi connectivity index (χ1) is 14.5. The molecule has 8 heteroatoms. The van der Waals surface area contributed by atoms with Crippen molar-refractivity contribution in [3.8, 4) is 0 Å². The van der Waals surface area contributed by atoms with Crippen molar-refractivity contribution in [2.75, 3.05) is 17.2 Å². The molecule has 1 heterocycles. The highest BCUT2D eigenvalue weighted by Gasteiger charge is 2.16. The summed E-state index contributed by atoms with van der Waals surface area (Å²) in [6.45, 7) is 2.52. The second-order valence-corrected chi connectivity index (χ2v) is 7.60. The molecule has 0 aliphatic heterocycles. The van der Waals surface area contributed by atoms with Crippen LogP contribution >= 0.6 is 22.9 Å². The lowest BCUT2D eigenvalue weighted by Crippen LogP contribution is -2.24. The lowest BCUT2D eigenvalue weighted by molar-refractivity contribution is 0.0952. The molecule has 0 unspecified atom stereocenters. The predicted molar refractivity (Wildman–Crippen MR) is 121 cm³/mol. The number of benzene rings is 2. The summed E-state index contributed by atoms with van der Waals surface area (Å²) in [7, 11) is 0. The number of halogens is 1. The number of hydrogen-bond acceptors (Lipinski definition) is 4. The summed E-state index contributed by atoms with van der Waals surface area (Å²) < 4.78 is 0. The van der Waals surface area contributed by atoms with E-state index in [1.807, 2.05) is 12.3 Å². The molecule has 3 amide bonds. The fourth-order valence-corrected chi connectivity index (χ4v) is 3.59. The Morgan fingerprint density at radius 3 is 2.43 bits per heavy atom.